The lowest BCUT2D eigenvalue weighted by Gasteiger charge is -2.24. The molecule has 0 aliphatic carbocycles. The van der Waals surface area contributed by atoms with Crippen LogP contribution >= 0.6 is 0 Å². The quantitative estimate of drug-likeness (QED) is 0.243. The highest BCUT2D eigenvalue weighted by Crippen LogP contribution is 2.29. The van der Waals surface area contributed by atoms with Crippen LogP contribution in [-0.4, -0.2) is 66.2 Å². The van der Waals surface area contributed by atoms with E-state index in [1.165, 1.54) is 17.0 Å². The summed E-state index contributed by atoms with van der Waals surface area (Å²) in [5, 5.41) is 14.5. The predicted molar refractivity (Wildman–Crippen MR) is 166 cm³/mol. The van der Waals surface area contributed by atoms with Crippen molar-refractivity contribution in [3.05, 3.63) is 119 Å². The summed E-state index contributed by atoms with van der Waals surface area (Å²) in [6.45, 7) is 2.33. The van der Waals surface area contributed by atoms with Gasteiger partial charge in [0.15, 0.2) is 0 Å². The van der Waals surface area contributed by atoms with E-state index in [0.29, 0.717) is 35.2 Å². The van der Waals surface area contributed by atoms with Crippen molar-refractivity contribution in [2.24, 2.45) is 5.14 Å². The molecular weight excluding hydrogens is 580 g/mol. The molecule has 0 fully saturated rings. The topological polar surface area (TPSA) is 151 Å². The SMILES string of the molecule is Cc1cccc(CN(C)C(=O)c2ccccc2-c2ccccc2C(=O)N(CCC(=O)O)CCc2ccc(S(N)(=O)=O)cc2)n1. The number of sulfonamides is 1. The Bertz CT molecular complexity index is 1770. The number of carboxylic acid groups (broad SMARTS) is 1. The molecule has 4 aromatic rings. The number of carboxylic acids is 1. The Labute approximate surface area is 256 Å². The molecule has 0 saturated carbocycles. The monoisotopic (exact) mass is 614 g/mol. The van der Waals surface area contributed by atoms with Crippen LogP contribution in [0.4, 0.5) is 0 Å². The van der Waals surface area contributed by atoms with Crippen LogP contribution in [-0.2, 0) is 27.8 Å². The lowest BCUT2D eigenvalue weighted by molar-refractivity contribution is -0.137. The first-order valence-corrected chi connectivity index (χ1v) is 15.5. The highest BCUT2D eigenvalue weighted by Gasteiger charge is 2.24. The minimum atomic E-state index is -3.84. The zero-order chi connectivity index (χ0) is 31.9. The third-order valence-corrected chi connectivity index (χ3v) is 8.03. The molecule has 4 rings (SSSR count). The minimum absolute atomic E-state index is 0.0250. The number of nitrogens with zero attached hydrogens (tertiary/aromatic N) is 3. The normalized spacial score (nSPS) is 11.2. The summed E-state index contributed by atoms with van der Waals surface area (Å²) < 4.78 is 23.2. The Kier molecular flexibility index (Phi) is 10.2. The molecule has 3 aromatic carbocycles. The number of aromatic nitrogens is 1. The summed E-state index contributed by atoms with van der Waals surface area (Å²) in [5.74, 6) is -1.67. The molecule has 11 heteroatoms. The van der Waals surface area contributed by atoms with Gasteiger partial charge in [-0.25, -0.2) is 13.6 Å². The fraction of sp³-hybridized carbons (Fsp3) is 0.212. The molecule has 0 aliphatic heterocycles. The van der Waals surface area contributed by atoms with Crippen LogP contribution in [0.15, 0.2) is 95.9 Å². The Morgan fingerprint density at radius 1 is 0.795 bits per heavy atom. The van der Waals surface area contributed by atoms with Gasteiger partial charge in [-0.3, -0.25) is 19.4 Å². The molecule has 44 heavy (non-hydrogen) atoms. The van der Waals surface area contributed by atoms with Crippen LogP contribution in [0.5, 0.6) is 0 Å². The second kappa shape index (κ2) is 14.1. The molecule has 0 radical (unpaired) electrons. The van der Waals surface area contributed by atoms with Crippen molar-refractivity contribution in [2.45, 2.75) is 31.2 Å². The Balaban J connectivity index is 1.62. The van der Waals surface area contributed by atoms with E-state index in [2.05, 4.69) is 4.98 Å². The van der Waals surface area contributed by atoms with Gasteiger partial charge in [0.2, 0.25) is 10.0 Å². The van der Waals surface area contributed by atoms with Crippen molar-refractivity contribution in [3.63, 3.8) is 0 Å². The first-order valence-electron chi connectivity index (χ1n) is 13.9. The predicted octanol–water partition coefficient (Wildman–Crippen LogP) is 4.14. The first-order chi connectivity index (χ1) is 20.9. The number of carbonyl (C=O) groups is 3. The summed E-state index contributed by atoms with van der Waals surface area (Å²) in [4.78, 5) is 46.6. The fourth-order valence-corrected chi connectivity index (χ4v) is 5.36. The van der Waals surface area contributed by atoms with Crippen molar-refractivity contribution >= 4 is 27.8 Å². The number of amides is 2. The zero-order valence-electron chi connectivity index (χ0n) is 24.5. The summed E-state index contributed by atoms with van der Waals surface area (Å²) in [6, 6.07) is 25.6. The molecule has 0 spiro atoms. The number of hydrogen-bond acceptors (Lipinski definition) is 6. The number of nitrogens with two attached hydrogens (primary N) is 1. The number of aryl methyl sites for hydroxylation is 1. The van der Waals surface area contributed by atoms with E-state index >= 15 is 0 Å². The molecule has 1 aromatic heterocycles. The van der Waals surface area contributed by atoms with Crippen molar-refractivity contribution < 1.29 is 27.9 Å². The molecule has 228 valence electrons. The largest absolute Gasteiger partial charge is 0.481 e. The van der Waals surface area contributed by atoms with Gasteiger partial charge < -0.3 is 14.9 Å². The Morgan fingerprint density at radius 2 is 1.39 bits per heavy atom. The van der Waals surface area contributed by atoms with Crippen molar-refractivity contribution in [2.75, 3.05) is 20.1 Å². The highest BCUT2D eigenvalue weighted by molar-refractivity contribution is 7.89. The van der Waals surface area contributed by atoms with Gasteiger partial charge in [-0.1, -0.05) is 54.6 Å². The number of carbonyl (C=O) groups excluding carboxylic acids is 2. The average Bonchev–Trinajstić information content (AvgIpc) is 3.00. The van der Waals surface area contributed by atoms with Gasteiger partial charge in [0.05, 0.1) is 23.6 Å². The minimum Gasteiger partial charge on any atom is -0.481 e. The van der Waals surface area contributed by atoms with Crippen LogP contribution < -0.4 is 5.14 Å². The molecule has 3 N–H and O–H groups in total. The van der Waals surface area contributed by atoms with E-state index in [-0.39, 0.29) is 36.2 Å². The van der Waals surface area contributed by atoms with Crippen LogP contribution in [0, 0.1) is 6.92 Å². The summed E-state index contributed by atoms with van der Waals surface area (Å²) in [7, 11) is -2.14. The van der Waals surface area contributed by atoms with E-state index < -0.39 is 16.0 Å². The number of rotatable bonds is 12. The first kappa shape index (κ1) is 32.1. The molecule has 0 unspecified atom stereocenters. The van der Waals surface area contributed by atoms with Gasteiger partial charge in [-0.2, -0.15) is 0 Å². The van der Waals surface area contributed by atoms with E-state index in [9.17, 15) is 27.9 Å². The van der Waals surface area contributed by atoms with Gasteiger partial charge >= 0.3 is 5.97 Å². The second-order valence-electron chi connectivity index (χ2n) is 10.4. The summed E-state index contributed by atoms with van der Waals surface area (Å²) in [6.07, 6.45) is 0.0937. The van der Waals surface area contributed by atoms with Crippen molar-refractivity contribution in [3.8, 4) is 11.1 Å². The zero-order valence-corrected chi connectivity index (χ0v) is 25.3. The van der Waals surface area contributed by atoms with Gasteiger partial charge in [-0.15, -0.1) is 0 Å². The Morgan fingerprint density at radius 3 is 1.95 bits per heavy atom. The maximum Gasteiger partial charge on any atom is 0.305 e. The summed E-state index contributed by atoms with van der Waals surface area (Å²) in [5.41, 5.74) is 4.21. The van der Waals surface area contributed by atoms with E-state index in [1.54, 1.807) is 72.6 Å². The van der Waals surface area contributed by atoms with Crippen LogP contribution in [0.2, 0.25) is 0 Å². The lowest BCUT2D eigenvalue weighted by Crippen LogP contribution is -2.35. The number of aliphatic carboxylic acids is 1. The third kappa shape index (κ3) is 8.15. The summed E-state index contributed by atoms with van der Waals surface area (Å²) >= 11 is 0. The van der Waals surface area contributed by atoms with Gasteiger partial charge in [0, 0.05) is 37.0 Å². The molecule has 0 atom stereocenters. The van der Waals surface area contributed by atoms with Gasteiger partial charge in [0.1, 0.15) is 0 Å². The standard InChI is InChI=1S/C33H34N4O6S/c1-23-8-7-9-25(35-23)22-36(2)32(40)29-12-5-3-10-27(29)28-11-4-6-13-30(28)33(41)37(21-19-31(38)39)20-18-24-14-16-26(17-15-24)44(34,42)43/h3-17H,18-22H2,1-2H3,(H,38,39)(H2,34,42,43). The maximum atomic E-state index is 14.0. The van der Waals surface area contributed by atoms with Crippen LogP contribution in [0.25, 0.3) is 11.1 Å². The molecular formula is C33H34N4O6S. The second-order valence-corrected chi connectivity index (χ2v) is 12.0. The fourth-order valence-electron chi connectivity index (χ4n) is 4.84. The van der Waals surface area contributed by atoms with Crippen LogP contribution in [0.3, 0.4) is 0 Å². The molecule has 1 heterocycles. The van der Waals surface area contributed by atoms with E-state index in [4.69, 9.17) is 5.14 Å². The molecule has 0 aliphatic rings. The number of hydrogen-bond donors (Lipinski definition) is 2. The number of primary sulfonamides is 1. The number of benzene rings is 3. The van der Waals surface area contributed by atoms with E-state index in [1.807, 2.05) is 25.1 Å². The van der Waals surface area contributed by atoms with Crippen molar-refractivity contribution in [1.82, 2.24) is 14.8 Å². The van der Waals surface area contributed by atoms with E-state index in [0.717, 1.165) is 17.0 Å². The third-order valence-electron chi connectivity index (χ3n) is 7.10. The molecule has 0 saturated heterocycles. The highest BCUT2D eigenvalue weighted by atomic mass is 32.2. The Hall–Kier alpha value is -4.87. The molecule has 0 bridgehead atoms. The average molecular weight is 615 g/mol. The maximum absolute atomic E-state index is 14.0. The van der Waals surface area contributed by atoms with Gasteiger partial charge in [0.25, 0.3) is 11.8 Å². The van der Waals surface area contributed by atoms with Gasteiger partial charge in [-0.05, 0) is 66.4 Å². The van der Waals surface area contributed by atoms with Crippen LogP contribution in [0.1, 0.15) is 44.1 Å². The van der Waals surface area contributed by atoms with Crippen molar-refractivity contribution in [1.29, 1.82) is 0 Å². The molecule has 2 amide bonds. The lowest BCUT2D eigenvalue weighted by atomic mass is 9.94. The number of pyridine rings is 1. The smallest absolute Gasteiger partial charge is 0.305 e. The molecule has 10 nitrogen and oxygen atoms in total.